The second-order valence-electron chi connectivity index (χ2n) is 9.71. The second kappa shape index (κ2) is 9.62. The van der Waals surface area contributed by atoms with E-state index < -0.39 is 6.61 Å². The van der Waals surface area contributed by atoms with Gasteiger partial charge in [-0.25, -0.2) is 0 Å². The van der Waals surface area contributed by atoms with Gasteiger partial charge in [0.2, 0.25) is 0 Å². The molecule has 0 aromatic heterocycles. The van der Waals surface area contributed by atoms with E-state index in [4.69, 9.17) is 0 Å². The smallest absolute Gasteiger partial charge is 0.387 e. The number of halogens is 2. The fraction of sp³-hybridized carbons (Fsp3) is 0.692. The summed E-state index contributed by atoms with van der Waals surface area (Å²) in [5, 5.41) is 0. The molecule has 1 aromatic rings. The summed E-state index contributed by atoms with van der Waals surface area (Å²) in [6.07, 6.45) is 18.3. The van der Waals surface area contributed by atoms with Crippen LogP contribution in [0.4, 0.5) is 8.78 Å². The van der Waals surface area contributed by atoms with Gasteiger partial charge in [-0.2, -0.15) is 8.78 Å². The molecule has 0 aliphatic heterocycles. The van der Waals surface area contributed by atoms with E-state index in [1.807, 2.05) is 12.1 Å². The van der Waals surface area contributed by atoms with Gasteiger partial charge in [0.05, 0.1) is 0 Å². The van der Waals surface area contributed by atoms with Crippen molar-refractivity contribution in [2.24, 2.45) is 29.6 Å². The van der Waals surface area contributed by atoms with Gasteiger partial charge in [0.25, 0.3) is 0 Å². The molecule has 0 N–H and O–H groups in total. The molecule has 1 nitrogen and oxygen atoms in total. The monoisotopic (exact) mass is 402 g/mol. The molecule has 0 radical (unpaired) electrons. The normalized spacial score (nSPS) is 34.8. The van der Waals surface area contributed by atoms with E-state index in [1.165, 1.54) is 69.8 Å². The predicted molar refractivity (Wildman–Crippen MR) is 114 cm³/mol. The first-order valence-electron chi connectivity index (χ1n) is 11.8. The quantitative estimate of drug-likeness (QED) is 0.438. The fourth-order valence-electron chi connectivity index (χ4n) is 6.88. The largest absolute Gasteiger partial charge is 0.435 e. The number of ether oxygens (including phenoxy) is 1. The molecule has 0 amide bonds. The number of allylic oxidation sites excluding steroid dienone is 2. The molecule has 4 rings (SSSR count). The van der Waals surface area contributed by atoms with Gasteiger partial charge in [-0.1, -0.05) is 30.7 Å². The number of alkyl halides is 2. The van der Waals surface area contributed by atoms with E-state index in [0.29, 0.717) is 5.92 Å². The molecule has 6 atom stereocenters. The van der Waals surface area contributed by atoms with Crippen molar-refractivity contribution in [2.75, 3.05) is 0 Å². The van der Waals surface area contributed by atoms with Gasteiger partial charge in [-0.3, -0.25) is 0 Å². The third-order valence-corrected chi connectivity index (χ3v) is 8.20. The summed E-state index contributed by atoms with van der Waals surface area (Å²) in [4.78, 5) is 0. The van der Waals surface area contributed by atoms with Crippen LogP contribution in [0.2, 0.25) is 0 Å². The minimum atomic E-state index is -2.75. The van der Waals surface area contributed by atoms with Crippen molar-refractivity contribution in [3.05, 3.63) is 42.0 Å². The van der Waals surface area contributed by atoms with Crippen LogP contribution in [0.25, 0.3) is 0 Å². The lowest BCUT2D eigenvalue weighted by Gasteiger charge is -2.51. The highest BCUT2D eigenvalue weighted by molar-refractivity contribution is 5.30. The van der Waals surface area contributed by atoms with Crippen molar-refractivity contribution in [3.63, 3.8) is 0 Å². The number of benzene rings is 1. The van der Waals surface area contributed by atoms with Crippen molar-refractivity contribution in [2.45, 2.75) is 83.7 Å². The molecule has 3 heteroatoms. The van der Waals surface area contributed by atoms with Gasteiger partial charge in [-0.15, -0.1) is 0 Å². The van der Waals surface area contributed by atoms with Crippen LogP contribution in [0.1, 0.15) is 82.6 Å². The number of rotatable bonds is 6. The Bertz CT molecular complexity index is 668. The lowest BCUT2D eigenvalue weighted by atomic mass is 9.55. The Morgan fingerprint density at radius 2 is 1.62 bits per heavy atom. The van der Waals surface area contributed by atoms with Gasteiger partial charge in [0, 0.05) is 0 Å². The molecule has 0 saturated heterocycles. The van der Waals surface area contributed by atoms with Gasteiger partial charge in [0.1, 0.15) is 5.75 Å². The predicted octanol–water partition coefficient (Wildman–Crippen LogP) is 7.97. The Labute approximate surface area is 174 Å². The summed E-state index contributed by atoms with van der Waals surface area (Å²) >= 11 is 0. The van der Waals surface area contributed by atoms with Gasteiger partial charge < -0.3 is 4.74 Å². The molecular formula is C26H36F2O. The first-order valence-corrected chi connectivity index (χ1v) is 11.8. The average molecular weight is 403 g/mol. The van der Waals surface area contributed by atoms with Gasteiger partial charge in [-0.05, 0) is 118 Å². The number of hydrogen-bond donors (Lipinski definition) is 0. The molecule has 1 aromatic carbocycles. The van der Waals surface area contributed by atoms with Crippen molar-refractivity contribution in [1.82, 2.24) is 0 Å². The molecule has 3 aliphatic carbocycles. The summed E-state index contributed by atoms with van der Waals surface area (Å²) in [6, 6.07) is 7.42. The number of fused-ring (bicyclic) bond motifs is 3. The summed E-state index contributed by atoms with van der Waals surface area (Å²) in [5.41, 5.74) is 1.31. The minimum absolute atomic E-state index is 0.268. The van der Waals surface area contributed by atoms with E-state index in [-0.39, 0.29) is 5.75 Å². The molecule has 160 valence electrons. The van der Waals surface area contributed by atoms with Crippen molar-refractivity contribution in [3.8, 4) is 5.75 Å². The van der Waals surface area contributed by atoms with E-state index in [9.17, 15) is 8.78 Å². The molecule has 0 heterocycles. The Balaban J connectivity index is 1.32. The zero-order valence-corrected chi connectivity index (χ0v) is 17.7. The zero-order chi connectivity index (χ0) is 20.2. The van der Waals surface area contributed by atoms with Crippen LogP contribution in [-0.2, 0) is 0 Å². The van der Waals surface area contributed by atoms with E-state index >= 15 is 0 Å². The highest BCUT2D eigenvalue weighted by Crippen LogP contribution is 2.55. The lowest BCUT2D eigenvalue weighted by Crippen LogP contribution is -2.41. The molecular weight excluding hydrogens is 366 g/mol. The summed E-state index contributed by atoms with van der Waals surface area (Å²) in [6.45, 7) is -0.621. The molecule has 3 fully saturated rings. The fourth-order valence-corrected chi connectivity index (χ4v) is 6.88. The SMILES string of the molecule is CC=CCCC1CCC2C(CCC3CC(c4ccc(OC(F)F)cc4)CCC32)C1. The third kappa shape index (κ3) is 5.03. The van der Waals surface area contributed by atoms with Crippen molar-refractivity contribution >= 4 is 0 Å². The maximum absolute atomic E-state index is 12.4. The number of hydrogen-bond acceptors (Lipinski definition) is 1. The Morgan fingerprint density at radius 1 is 0.931 bits per heavy atom. The van der Waals surface area contributed by atoms with Crippen LogP contribution < -0.4 is 4.74 Å². The van der Waals surface area contributed by atoms with Crippen LogP contribution in [0.15, 0.2) is 36.4 Å². The second-order valence-corrected chi connectivity index (χ2v) is 9.71. The first-order chi connectivity index (χ1) is 14.1. The van der Waals surface area contributed by atoms with Crippen LogP contribution in [0.5, 0.6) is 5.75 Å². The van der Waals surface area contributed by atoms with Crippen LogP contribution in [0.3, 0.4) is 0 Å². The molecule has 0 bridgehead atoms. The van der Waals surface area contributed by atoms with E-state index in [0.717, 1.165) is 29.6 Å². The van der Waals surface area contributed by atoms with Crippen LogP contribution in [0, 0.1) is 29.6 Å². The average Bonchev–Trinajstić information content (AvgIpc) is 2.73. The standard InChI is InChI=1S/C26H36F2O/c1-2-3-4-5-18-6-14-24-21(16-18)7-8-22-17-20(11-15-25(22)24)19-9-12-23(13-10-19)29-26(27)28/h2-3,9-10,12-13,18,20-22,24-26H,4-8,11,14-17H2,1H3. The van der Waals surface area contributed by atoms with E-state index in [2.05, 4.69) is 23.8 Å². The van der Waals surface area contributed by atoms with Crippen molar-refractivity contribution < 1.29 is 13.5 Å². The molecule has 6 unspecified atom stereocenters. The molecule has 0 spiro atoms. The maximum atomic E-state index is 12.4. The summed E-state index contributed by atoms with van der Waals surface area (Å²) in [7, 11) is 0. The minimum Gasteiger partial charge on any atom is -0.435 e. The third-order valence-electron chi connectivity index (χ3n) is 8.20. The molecule has 3 saturated carbocycles. The molecule has 29 heavy (non-hydrogen) atoms. The summed E-state index contributed by atoms with van der Waals surface area (Å²) in [5.74, 6) is 5.55. The van der Waals surface area contributed by atoms with Gasteiger partial charge >= 0.3 is 6.61 Å². The Morgan fingerprint density at radius 3 is 2.31 bits per heavy atom. The van der Waals surface area contributed by atoms with Gasteiger partial charge in [0.15, 0.2) is 0 Å². The maximum Gasteiger partial charge on any atom is 0.387 e. The Hall–Kier alpha value is -1.38. The van der Waals surface area contributed by atoms with Crippen LogP contribution in [-0.4, -0.2) is 6.61 Å². The zero-order valence-electron chi connectivity index (χ0n) is 17.7. The first kappa shape index (κ1) is 20.9. The van der Waals surface area contributed by atoms with Crippen LogP contribution >= 0.6 is 0 Å². The highest BCUT2D eigenvalue weighted by Gasteiger charge is 2.44. The summed E-state index contributed by atoms with van der Waals surface area (Å²) < 4.78 is 29.3. The molecule has 3 aliphatic rings. The Kier molecular flexibility index (Phi) is 6.92. The van der Waals surface area contributed by atoms with E-state index in [1.54, 1.807) is 12.1 Å². The topological polar surface area (TPSA) is 9.23 Å². The van der Waals surface area contributed by atoms with Crippen molar-refractivity contribution in [1.29, 1.82) is 0 Å². The lowest BCUT2D eigenvalue weighted by molar-refractivity contribution is -0.0498. The highest BCUT2D eigenvalue weighted by atomic mass is 19.3.